The van der Waals surface area contributed by atoms with Crippen LogP contribution in [-0.4, -0.2) is 76.8 Å². The van der Waals surface area contributed by atoms with Crippen LogP contribution in [0.5, 0.6) is 0 Å². The summed E-state index contributed by atoms with van der Waals surface area (Å²) in [4.78, 5) is 60.7. The number of ketones is 1. The van der Waals surface area contributed by atoms with E-state index in [-0.39, 0.29) is 13.1 Å². The Bertz CT molecular complexity index is 1360. The first-order valence-corrected chi connectivity index (χ1v) is 13.1. The van der Waals surface area contributed by atoms with Crippen LogP contribution < -0.4 is 0 Å². The van der Waals surface area contributed by atoms with Crippen molar-refractivity contribution >= 4 is 17.7 Å². The molecule has 208 valence electrons. The topological polar surface area (TPSA) is 115 Å². The van der Waals surface area contributed by atoms with Gasteiger partial charge in [0.2, 0.25) is 0 Å². The number of nitrogens with zero attached hydrogens (tertiary/aromatic N) is 5. The third kappa shape index (κ3) is 4.18. The van der Waals surface area contributed by atoms with Crippen molar-refractivity contribution < 1.29 is 23.9 Å². The number of carbonyl (C=O) groups excluding carboxylic acids is 3. The minimum Gasteiger partial charge on any atom is -0.468 e. The third-order valence-corrected chi connectivity index (χ3v) is 8.10. The first-order valence-electron chi connectivity index (χ1n) is 13.1. The molecule has 0 spiro atoms. The number of fused-ring (bicyclic) bond motifs is 2. The predicted molar refractivity (Wildman–Crippen MR) is 145 cm³/mol. The number of ether oxygens (including phenoxy) is 2. The minimum atomic E-state index is -1.79. The Balaban J connectivity index is 1.82. The summed E-state index contributed by atoms with van der Waals surface area (Å²) >= 11 is 0. The molecular weight excluding hydrogens is 510 g/mol. The van der Waals surface area contributed by atoms with E-state index < -0.39 is 40.6 Å². The molecule has 2 saturated heterocycles. The molecule has 0 aliphatic carbocycles. The maximum absolute atomic E-state index is 15.0. The zero-order valence-electron chi connectivity index (χ0n) is 23.3. The number of piperidine rings is 2. The van der Waals surface area contributed by atoms with Crippen LogP contribution in [0.2, 0.25) is 0 Å². The Labute approximate surface area is 233 Å². The lowest BCUT2D eigenvalue weighted by Crippen LogP contribution is -2.75. The second-order valence-corrected chi connectivity index (χ2v) is 10.6. The van der Waals surface area contributed by atoms with E-state index in [1.54, 1.807) is 25.4 Å². The molecular formula is C30H33N5O5. The van der Waals surface area contributed by atoms with Gasteiger partial charge < -0.3 is 9.47 Å². The van der Waals surface area contributed by atoms with E-state index in [1.807, 2.05) is 66.1 Å². The Morgan fingerprint density at radius 3 is 1.80 bits per heavy atom. The van der Waals surface area contributed by atoms with E-state index in [4.69, 9.17) is 19.4 Å². The van der Waals surface area contributed by atoms with Gasteiger partial charge in [-0.15, -0.1) is 0 Å². The lowest BCUT2D eigenvalue weighted by molar-refractivity contribution is -0.204. The Kier molecular flexibility index (Phi) is 7.24. The number of aryl methyl sites for hydroxylation is 2. The quantitative estimate of drug-likeness (QED) is 0.339. The van der Waals surface area contributed by atoms with Crippen LogP contribution in [0.4, 0.5) is 0 Å². The zero-order chi connectivity index (χ0) is 28.7. The number of aromatic nitrogens is 3. The van der Waals surface area contributed by atoms with Gasteiger partial charge in [0.15, 0.2) is 16.6 Å². The smallest absolute Gasteiger partial charge is 0.322 e. The predicted octanol–water partition coefficient (Wildman–Crippen LogP) is 2.62. The number of hydrogen-bond donors (Lipinski definition) is 0. The molecule has 3 aromatic heterocycles. The van der Waals surface area contributed by atoms with Crippen molar-refractivity contribution in [1.82, 2.24) is 24.8 Å². The van der Waals surface area contributed by atoms with Gasteiger partial charge in [0, 0.05) is 37.2 Å². The number of esters is 2. The second-order valence-electron chi connectivity index (χ2n) is 10.6. The maximum Gasteiger partial charge on any atom is 0.322 e. The number of hydrogen-bond acceptors (Lipinski definition) is 10. The maximum atomic E-state index is 15.0. The monoisotopic (exact) mass is 543 g/mol. The van der Waals surface area contributed by atoms with Gasteiger partial charge in [0.05, 0.1) is 43.4 Å². The van der Waals surface area contributed by atoms with E-state index >= 15 is 4.79 Å². The molecule has 2 bridgehead atoms. The molecule has 10 nitrogen and oxygen atoms in total. The summed E-state index contributed by atoms with van der Waals surface area (Å²) in [6, 6.07) is 14.8. The van der Waals surface area contributed by atoms with E-state index in [9.17, 15) is 9.59 Å². The number of methoxy groups -OCH3 is 2. The minimum absolute atomic E-state index is 0.00637. The number of carbonyl (C=O) groups is 3. The average Bonchev–Trinajstić information content (AvgIpc) is 2.94. The SMILES string of the molecule is COC(=O)C12CN(Cc3ccccn3)CC(C(=O)OC)(C1=O)C(c1cccc(C)n1)N(C)C2c1cccc(C)n1. The van der Waals surface area contributed by atoms with Crippen LogP contribution in [-0.2, 0) is 30.4 Å². The van der Waals surface area contributed by atoms with Crippen LogP contribution in [0.1, 0.15) is 40.6 Å². The first-order chi connectivity index (χ1) is 19.2. The van der Waals surface area contributed by atoms with Crippen LogP contribution in [0.25, 0.3) is 0 Å². The third-order valence-electron chi connectivity index (χ3n) is 8.10. The standard InChI is InChI=1S/C30H33N5O5/c1-19-10-8-13-22(32-19)24-29(27(37)39-4)17-35(16-21-12-6-7-15-31-21)18-30(26(29)36,28(38)40-5)25(34(24)3)23-14-9-11-20(2)33-23/h6-15,24-25H,16-18H2,1-5H3. The molecule has 3 aromatic rings. The summed E-state index contributed by atoms with van der Waals surface area (Å²) in [5.41, 5.74) is -0.325. The highest BCUT2D eigenvalue weighted by Gasteiger charge is 2.75. The van der Waals surface area contributed by atoms with Crippen LogP contribution in [0, 0.1) is 24.7 Å². The lowest BCUT2D eigenvalue weighted by atomic mass is 9.54. The first kappa shape index (κ1) is 27.5. The average molecular weight is 544 g/mol. The molecule has 5 heterocycles. The van der Waals surface area contributed by atoms with E-state index in [1.165, 1.54) is 14.2 Å². The number of pyridine rings is 3. The molecule has 2 aliphatic rings. The molecule has 40 heavy (non-hydrogen) atoms. The molecule has 4 atom stereocenters. The lowest BCUT2D eigenvalue weighted by Gasteiger charge is -2.60. The largest absolute Gasteiger partial charge is 0.468 e. The molecule has 4 unspecified atom stereocenters. The van der Waals surface area contributed by atoms with Crippen molar-refractivity contribution in [2.45, 2.75) is 32.5 Å². The van der Waals surface area contributed by atoms with E-state index in [0.717, 1.165) is 17.1 Å². The summed E-state index contributed by atoms with van der Waals surface area (Å²) in [6.07, 6.45) is 1.68. The second kappa shape index (κ2) is 10.5. The van der Waals surface area contributed by atoms with Gasteiger partial charge in [-0.2, -0.15) is 0 Å². The summed E-state index contributed by atoms with van der Waals surface area (Å²) < 4.78 is 10.7. The normalized spacial score (nSPS) is 26.8. The molecule has 2 aliphatic heterocycles. The van der Waals surface area contributed by atoms with Crippen LogP contribution in [0.15, 0.2) is 60.8 Å². The van der Waals surface area contributed by atoms with Gasteiger partial charge >= 0.3 is 11.9 Å². The molecule has 2 fully saturated rings. The molecule has 0 amide bonds. The fourth-order valence-corrected chi connectivity index (χ4v) is 6.66. The number of rotatable bonds is 6. The number of Topliss-reactive ketones (excluding diaryl/α,β-unsaturated/α-hetero) is 1. The van der Waals surface area contributed by atoms with E-state index in [2.05, 4.69) is 4.98 Å². The van der Waals surface area contributed by atoms with Crippen LogP contribution in [0.3, 0.4) is 0 Å². The van der Waals surface area contributed by atoms with Gasteiger partial charge in [-0.25, -0.2) is 0 Å². The van der Waals surface area contributed by atoms with Crippen molar-refractivity contribution in [3.63, 3.8) is 0 Å². The molecule has 0 N–H and O–H groups in total. The van der Waals surface area contributed by atoms with Crippen LogP contribution >= 0.6 is 0 Å². The number of likely N-dealkylation sites (tertiary alicyclic amines) is 2. The Morgan fingerprint density at radius 1 is 0.850 bits per heavy atom. The fourth-order valence-electron chi connectivity index (χ4n) is 6.66. The van der Waals surface area contributed by atoms with E-state index in [0.29, 0.717) is 17.9 Å². The summed E-state index contributed by atoms with van der Waals surface area (Å²) in [7, 11) is 4.33. The Hall–Kier alpha value is -4.02. The molecule has 5 rings (SSSR count). The van der Waals surface area contributed by atoms with Crippen molar-refractivity contribution in [3.8, 4) is 0 Å². The zero-order valence-corrected chi connectivity index (χ0v) is 23.3. The van der Waals surface area contributed by atoms with Crippen molar-refractivity contribution in [2.75, 3.05) is 34.4 Å². The Morgan fingerprint density at radius 2 is 1.38 bits per heavy atom. The van der Waals surface area contributed by atoms with Crippen molar-refractivity contribution in [3.05, 3.63) is 89.3 Å². The van der Waals surface area contributed by atoms with Gasteiger partial charge in [-0.05, 0) is 57.3 Å². The highest BCUT2D eigenvalue weighted by atomic mass is 16.5. The summed E-state index contributed by atoms with van der Waals surface area (Å²) in [6.45, 7) is 4.02. The molecule has 0 saturated carbocycles. The van der Waals surface area contributed by atoms with Gasteiger partial charge in [-0.3, -0.25) is 39.1 Å². The highest BCUT2D eigenvalue weighted by Crippen LogP contribution is 2.60. The highest BCUT2D eigenvalue weighted by molar-refractivity contribution is 6.17. The molecule has 0 aromatic carbocycles. The summed E-state index contributed by atoms with van der Waals surface area (Å²) in [5.74, 6) is -2.00. The van der Waals surface area contributed by atoms with Gasteiger partial charge in [-0.1, -0.05) is 18.2 Å². The molecule has 10 heteroatoms. The van der Waals surface area contributed by atoms with Gasteiger partial charge in [0.1, 0.15) is 0 Å². The van der Waals surface area contributed by atoms with Crippen molar-refractivity contribution in [2.24, 2.45) is 10.8 Å². The van der Waals surface area contributed by atoms with Gasteiger partial charge in [0.25, 0.3) is 0 Å². The molecule has 0 radical (unpaired) electrons. The van der Waals surface area contributed by atoms with Crippen molar-refractivity contribution in [1.29, 1.82) is 0 Å². The summed E-state index contributed by atoms with van der Waals surface area (Å²) in [5, 5.41) is 0. The fraction of sp³-hybridized carbons (Fsp3) is 0.400.